The molecule has 2 N–H and O–H groups in total. The fourth-order valence-electron chi connectivity index (χ4n) is 4.05. The van der Waals surface area contributed by atoms with Crippen LogP contribution in [0.1, 0.15) is 35.2 Å². The maximum Gasteiger partial charge on any atom is 0.293 e. The first-order valence-electron chi connectivity index (χ1n) is 11.4. The van der Waals surface area contributed by atoms with Crippen LogP contribution < -0.4 is 15.5 Å². The summed E-state index contributed by atoms with van der Waals surface area (Å²) in [6.07, 6.45) is 2.90. The molecule has 32 heavy (non-hydrogen) atoms. The number of hydrogen-bond acceptors (Lipinski definition) is 6. The third kappa shape index (κ3) is 5.76. The molecule has 8 heteroatoms. The minimum atomic E-state index is -0.433. The standard InChI is InChI=1S/C24H31N5O3/c1-18-4-2-5-21(16-18)28-14-12-27(13-15-28)11-3-10-25-24(30)19-6-9-22(26-20-7-8-20)23(17-19)29(31)32/h2,4-6,9,16-17,20,26H,3,7-8,10-15H2,1H3,(H,25,30). The number of nitro groups is 1. The smallest absolute Gasteiger partial charge is 0.293 e. The summed E-state index contributed by atoms with van der Waals surface area (Å²) in [4.78, 5) is 28.3. The van der Waals surface area contributed by atoms with E-state index in [2.05, 4.69) is 51.6 Å². The van der Waals surface area contributed by atoms with Crippen molar-refractivity contribution >= 4 is 23.0 Å². The highest BCUT2D eigenvalue weighted by Gasteiger charge is 2.25. The van der Waals surface area contributed by atoms with Gasteiger partial charge in [-0.25, -0.2) is 0 Å². The Labute approximate surface area is 188 Å². The zero-order valence-electron chi connectivity index (χ0n) is 18.5. The molecule has 2 fully saturated rings. The van der Waals surface area contributed by atoms with Crippen molar-refractivity contribution in [3.8, 4) is 0 Å². The summed E-state index contributed by atoms with van der Waals surface area (Å²) >= 11 is 0. The molecule has 1 amide bonds. The minimum Gasteiger partial charge on any atom is -0.377 e. The normalized spacial score (nSPS) is 16.6. The van der Waals surface area contributed by atoms with E-state index in [1.807, 2.05) is 0 Å². The van der Waals surface area contributed by atoms with E-state index in [1.165, 1.54) is 17.3 Å². The number of amides is 1. The molecule has 0 aromatic heterocycles. The molecule has 170 valence electrons. The van der Waals surface area contributed by atoms with Gasteiger partial charge in [-0.05, 0) is 62.6 Å². The Morgan fingerprint density at radius 2 is 1.91 bits per heavy atom. The summed E-state index contributed by atoms with van der Waals surface area (Å²) in [5, 5.41) is 17.4. The molecular weight excluding hydrogens is 406 g/mol. The Bertz CT molecular complexity index is 968. The summed E-state index contributed by atoms with van der Waals surface area (Å²) in [6, 6.07) is 13.6. The number of nitro benzene ring substituents is 1. The monoisotopic (exact) mass is 437 g/mol. The number of carbonyl (C=O) groups excluding carboxylic acids is 1. The van der Waals surface area contributed by atoms with E-state index < -0.39 is 4.92 Å². The Morgan fingerprint density at radius 3 is 2.59 bits per heavy atom. The van der Waals surface area contributed by atoms with Crippen molar-refractivity contribution in [3.05, 3.63) is 63.7 Å². The lowest BCUT2D eigenvalue weighted by Crippen LogP contribution is -2.47. The Hall–Kier alpha value is -3.13. The second kappa shape index (κ2) is 9.99. The molecule has 0 unspecified atom stereocenters. The lowest BCUT2D eigenvalue weighted by atomic mass is 10.1. The SMILES string of the molecule is Cc1cccc(N2CCN(CCCNC(=O)c3ccc(NC4CC4)c([N+](=O)[O-])c3)CC2)c1. The van der Waals surface area contributed by atoms with Crippen LogP contribution in [0.3, 0.4) is 0 Å². The van der Waals surface area contributed by atoms with Crippen molar-refractivity contribution < 1.29 is 9.72 Å². The van der Waals surface area contributed by atoms with Crippen molar-refractivity contribution in [3.63, 3.8) is 0 Å². The van der Waals surface area contributed by atoms with Crippen LogP contribution in [0.2, 0.25) is 0 Å². The highest BCUT2D eigenvalue weighted by atomic mass is 16.6. The summed E-state index contributed by atoms with van der Waals surface area (Å²) in [7, 11) is 0. The molecule has 2 aliphatic rings. The number of nitrogens with zero attached hydrogens (tertiary/aromatic N) is 3. The molecule has 1 saturated heterocycles. The average Bonchev–Trinajstić information content (AvgIpc) is 3.61. The van der Waals surface area contributed by atoms with E-state index in [9.17, 15) is 14.9 Å². The van der Waals surface area contributed by atoms with Gasteiger partial charge in [0, 0.05) is 56.1 Å². The first-order valence-corrected chi connectivity index (χ1v) is 11.4. The van der Waals surface area contributed by atoms with Gasteiger partial charge >= 0.3 is 0 Å². The number of benzene rings is 2. The van der Waals surface area contributed by atoms with Crippen molar-refractivity contribution in [1.29, 1.82) is 0 Å². The number of anilines is 2. The van der Waals surface area contributed by atoms with Gasteiger partial charge in [0.1, 0.15) is 5.69 Å². The number of nitrogens with one attached hydrogen (secondary N) is 2. The van der Waals surface area contributed by atoms with Gasteiger partial charge in [-0.1, -0.05) is 12.1 Å². The van der Waals surface area contributed by atoms with Crippen LogP contribution in [0.25, 0.3) is 0 Å². The lowest BCUT2D eigenvalue weighted by molar-refractivity contribution is -0.384. The predicted molar refractivity (Wildman–Crippen MR) is 127 cm³/mol. The maximum atomic E-state index is 12.5. The van der Waals surface area contributed by atoms with Gasteiger partial charge < -0.3 is 15.5 Å². The van der Waals surface area contributed by atoms with Gasteiger partial charge in [-0.15, -0.1) is 0 Å². The second-order valence-corrected chi connectivity index (χ2v) is 8.68. The van der Waals surface area contributed by atoms with Gasteiger partial charge in [0.2, 0.25) is 0 Å². The van der Waals surface area contributed by atoms with Crippen LogP contribution in [-0.4, -0.2) is 61.0 Å². The van der Waals surface area contributed by atoms with Crippen LogP contribution >= 0.6 is 0 Å². The maximum absolute atomic E-state index is 12.5. The van der Waals surface area contributed by atoms with E-state index in [0.29, 0.717) is 23.8 Å². The Morgan fingerprint density at radius 1 is 1.12 bits per heavy atom. The highest BCUT2D eigenvalue weighted by Crippen LogP contribution is 2.31. The van der Waals surface area contributed by atoms with Crippen LogP contribution in [0.15, 0.2) is 42.5 Å². The molecular formula is C24H31N5O3. The molecule has 0 spiro atoms. The van der Waals surface area contributed by atoms with Crippen LogP contribution in [0, 0.1) is 17.0 Å². The molecule has 2 aromatic rings. The first kappa shape index (κ1) is 22.1. The van der Waals surface area contributed by atoms with E-state index in [0.717, 1.165) is 52.0 Å². The highest BCUT2D eigenvalue weighted by molar-refractivity contribution is 5.95. The van der Waals surface area contributed by atoms with Crippen molar-refractivity contribution in [2.45, 2.75) is 32.2 Å². The molecule has 1 aliphatic heterocycles. The van der Waals surface area contributed by atoms with E-state index in [-0.39, 0.29) is 11.6 Å². The fourth-order valence-corrected chi connectivity index (χ4v) is 4.05. The number of piperazine rings is 1. The Kier molecular flexibility index (Phi) is 6.90. The van der Waals surface area contributed by atoms with Crippen molar-refractivity contribution in [2.24, 2.45) is 0 Å². The molecule has 0 bridgehead atoms. The van der Waals surface area contributed by atoms with E-state index in [1.54, 1.807) is 12.1 Å². The Balaban J connectivity index is 1.20. The molecule has 8 nitrogen and oxygen atoms in total. The molecule has 0 atom stereocenters. The van der Waals surface area contributed by atoms with Crippen molar-refractivity contribution in [1.82, 2.24) is 10.2 Å². The van der Waals surface area contributed by atoms with Crippen LogP contribution in [-0.2, 0) is 0 Å². The zero-order valence-corrected chi connectivity index (χ0v) is 18.5. The molecule has 0 radical (unpaired) electrons. The van der Waals surface area contributed by atoms with E-state index in [4.69, 9.17) is 0 Å². The predicted octanol–water partition coefficient (Wildman–Crippen LogP) is 3.42. The fraction of sp³-hybridized carbons (Fsp3) is 0.458. The van der Waals surface area contributed by atoms with Crippen LogP contribution in [0.4, 0.5) is 17.1 Å². The number of aryl methyl sites for hydroxylation is 1. The molecule has 1 aliphatic carbocycles. The summed E-state index contributed by atoms with van der Waals surface area (Å²) in [6.45, 7) is 7.60. The third-order valence-electron chi connectivity index (χ3n) is 6.07. The quantitative estimate of drug-likeness (QED) is 0.355. The topological polar surface area (TPSA) is 90.8 Å². The molecule has 4 rings (SSSR count). The van der Waals surface area contributed by atoms with Gasteiger partial charge in [-0.2, -0.15) is 0 Å². The summed E-state index contributed by atoms with van der Waals surface area (Å²) in [5.74, 6) is -0.268. The van der Waals surface area contributed by atoms with Gasteiger partial charge in [0.05, 0.1) is 4.92 Å². The average molecular weight is 438 g/mol. The van der Waals surface area contributed by atoms with Crippen LogP contribution in [0.5, 0.6) is 0 Å². The van der Waals surface area contributed by atoms with Gasteiger partial charge in [-0.3, -0.25) is 19.8 Å². The van der Waals surface area contributed by atoms with Crippen molar-refractivity contribution in [2.75, 3.05) is 49.5 Å². The third-order valence-corrected chi connectivity index (χ3v) is 6.07. The first-order chi connectivity index (χ1) is 15.5. The molecule has 2 aromatic carbocycles. The second-order valence-electron chi connectivity index (χ2n) is 8.68. The lowest BCUT2D eigenvalue weighted by Gasteiger charge is -2.36. The number of carbonyl (C=O) groups is 1. The molecule has 1 heterocycles. The zero-order chi connectivity index (χ0) is 22.5. The minimum absolute atomic E-state index is 0.0453. The van der Waals surface area contributed by atoms with Gasteiger partial charge in [0.25, 0.3) is 11.6 Å². The molecule has 1 saturated carbocycles. The summed E-state index contributed by atoms with van der Waals surface area (Å²) < 4.78 is 0. The largest absolute Gasteiger partial charge is 0.377 e. The summed E-state index contributed by atoms with van der Waals surface area (Å²) in [5.41, 5.74) is 3.32. The number of hydrogen-bond donors (Lipinski definition) is 2. The number of rotatable bonds is 9. The van der Waals surface area contributed by atoms with E-state index >= 15 is 0 Å². The van der Waals surface area contributed by atoms with Gasteiger partial charge in [0.15, 0.2) is 0 Å².